The highest BCUT2D eigenvalue weighted by molar-refractivity contribution is 7.15. The van der Waals surface area contributed by atoms with E-state index in [0.29, 0.717) is 21.3 Å². The van der Waals surface area contributed by atoms with Crippen LogP contribution in [0.4, 0.5) is 13.2 Å². The van der Waals surface area contributed by atoms with Crippen molar-refractivity contribution in [2.45, 2.75) is 19.7 Å². The van der Waals surface area contributed by atoms with Gasteiger partial charge in [0.2, 0.25) is 0 Å². The molecule has 1 aromatic carbocycles. The molecular weight excluding hydrogens is 411 g/mol. The summed E-state index contributed by atoms with van der Waals surface area (Å²) in [7, 11) is 1.66. The number of rotatable bonds is 5. The van der Waals surface area contributed by atoms with Crippen LogP contribution < -0.4 is 4.74 Å². The van der Waals surface area contributed by atoms with Crippen LogP contribution in [0.3, 0.4) is 0 Å². The molecule has 2 aromatic heterocycles. The topological polar surface area (TPSA) is 47.4 Å². The molecule has 0 bridgehead atoms. The molecule has 0 saturated carbocycles. The first-order valence-corrected chi connectivity index (χ1v) is 9.32. The zero-order valence-corrected chi connectivity index (χ0v) is 16.5. The van der Waals surface area contributed by atoms with Gasteiger partial charge in [-0.3, -0.25) is 9.98 Å². The highest BCUT2D eigenvalue weighted by Crippen LogP contribution is 2.32. The Hall–Kier alpha value is -2.45. The van der Waals surface area contributed by atoms with Gasteiger partial charge in [0.1, 0.15) is 23.1 Å². The molecule has 0 fully saturated rings. The fraction of sp³-hybridized carbons (Fsp3) is 0.211. The van der Waals surface area contributed by atoms with E-state index >= 15 is 0 Å². The Balaban J connectivity index is 1.73. The lowest BCUT2D eigenvalue weighted by Crippen LogP contribution is -2.07. The van der Waals surface area contributed by atoms with E-state index in [9.17, 15) is 13.2 Å². The van der Waals surface area contributed by atoms with Crippen LogP contribution in [0.1, 0.15) is 21.8 Å². The van der Waals surface area contributed by atoms with Crippen LogP contribution >= 0.6 is 22.9 Å². The van der Waals surface area contributed by atoms with Gasteiger partial charge in [-0.15, -0.1) is 11.3 Å². The number of ether oxygens (including phenoxy) is 1. The van der Waals surface area contributed by atoms with Crippen molar-refractivity contribution < 1.29 is 17.9 Å². The van der Waals surface area contributed by atoms with Gasteiger partial charge in [-0.25, -0.2) is 4.98 Å². The predicted octanol–water partition coefficient (Wildman–Crippen LogP) is 5.81. The number of halogens is 4. The number of hydrogen-bond acceptors (Lipinski definition) is 5. The van der Waals surface area contributed by atoms with Crippen LogP contribution in [-0.4, -0.2) is 23.2 Å². The van der Waals surface area contributed by atoms with Crippen molar-refractivity contribution in [2.24, 2.45) is 4.99 Å². The molecule has 146 valence electrons. The van der Waals surface area contributed by atoms with Crippen molar-refractivity contribution in [3.05, 3.63) is 63.4 Å². The number of alkyl halides is 3. The summed E-state index contributed by atoms with van der Waals surface area (Å²) in [6.45, 7) is 2.10. The lowest BCUT2D eigenvalue weighted by atomic mass is 10.2. The molecule has 0 aliphatic rings. The lowest BCUT2D eigenvalue weighted by molar-refractivity contribution is -0.141. The van der Waals surface area contributed by atoms with Crippen LogP contribution in [-0.2, 0) is 12.8 Å². The third-order valence-corrected chi connectivity index (χ3v) is 5.31. The second kappa shape index (κ2) is 8.28. The summed E-state index contributed by atoms with van der Waals surface area (Å²) in [4.78, 5) is 12.7. The summed E-state index contributed by atoms with van der Waals surface area (Å²) < 4.78 is 43.7. The molecule has 0 radical (unpaired) electrons. The Morgan fingerprint density at radius 3 is 2.64 bits per heavy atom. The Morgan fingerprint density at radius 2 is 2.04 bits per heavy atom. The van der Waals surface area contributed by atoms with Crippen LogP contribution in [0.2, 0.25) is 5.02 Å². The summed E-state index contributed by atoms with van der Waals surface area (Å²) >= 11 is 7.53. The molecule has 0 amide bonds. The number of hydrogen-bond donors (Lipinski definition) is 0. The van der Waals surface area contributed by atoms with Crippen LogP contribution in [0.25, 0.3) is 10.6 Å². The molecule has 0 aliphatic heterocycles. The average Bonchev–Trinajstić information content (AvgIpc) is 3.02. The Kier molecular flexibility index (Phi) is 6.00. The van der Waals surface area contributed by atoms with Gasteiger partial charge in [0, 0.05) is 30.6 Å². The van der Waals surface area contributed by atoms with Gasteiger partial charge in [0.05, 0.1) is 15.6 Å². The largest absolute Gasteiger partial charge is 0.488 e. The van der Waals surface area contributed by atoms with Gasteiger partial charge in [0.25, 0.3) is 0 Å². The van der Waals surface area contributed by atoms with Gasteiger partial charge in [-0.05, 0) is 37.3 Å². The molecule has 0 atom stereocenters. The number of aliphatic imine (C=N–C) groups is 1. The van der Waals surface area contributed by atoms with Gasteiger partial charge < -0.3 is 4.74 Å². The smallest absolute Gasteiger partial charge is 0.433 e. The molecular formula is C19H15ClF3N3OS. The molecule has 28 heavy (non-hydrogen) atoms. The van der Waals surface area contributed by atoms with Crippen molar-refractivity contribution in [2.75, 3.05) is 7.05 Å². The van der Waals surface area contributed by atoms with Gasteiger partial charge in [-0.2, -0.15) is 13.2 Å². The molecule has 3 aromatic rings. The normalized spacial score (nSPS) is 11.9. The summed E-state index contributed by atoms with van der Waals surface area (Å²) in [6, 6.07) is 7.62. The summed E-state index contributed by atoms with van der Waals surface area (Å²) in [5.41, 5.74) is 1.14. The zero-order chi connectivity index (χ0) is 20.3. The minimum absolute atomic E-state index is 0.273. The molecule has 0 spiro atoms. The van der Waals surface area contributed by atoms with Crippen molar-refractivity contribution in [3.8, 4) is 16.3 Å². The first-order chi connectivity index (χ1) is 13.3. The van der Waals surface area contributed by atoms with Gasteiger partial charge >= 0.3 is 6.18 Å². The first kappa shape index (κ1) is 20.3. The molecule has 0 aliphatic carbocycles. The van der Waals surface area contributed by atoms with Gasteiger partial charge in [0.15, 0.2) is 0 Å². The molecule has 4 nitrogen and oxygen atoms in total. The zero-order valence-electron chi connectivity index (χ0n) is 14.9. The number of nitrogens with zero attached hydrogens (tertiary/aromatic N) is 3. The van der Waals surface area contributed by atoms with E-state index in [1.54, 1.807) is 25.4 Å². The minimum Gasteiger partial charge on any atom is -0.488 e. The standard InChI is InChI=1S/C19H15ClF3N3OS/c1-11-16(10-27-14-5-3-12(8-24-2)15(20)7-14)28-18(26-11)13-4-6-17(25-9-13)19(21,22)23/h3-9H,10H2,1-2H3. The molecule has 3 rings (SSSR count). The summed E-state index contributed by atoms with van der Waals surface area (Å²) in [6.07, 6.45) is -1.63. The molecule has 0 N–H and O–H groups in total. The van der Waals surface area contributed by atoms with Crippen molar-refractivity contribution in [3.63, 3.8) is 0 Å². The van der Waals surface area contributed by atoms with E-state index in [2.05, 4.69) is 15.0 Å². The van der Waals surface area contributed by atoms with Crippen LogP contribution in [0, 0.1) is 6.92 Å². The minimum atomic E-state index is -4.46. The Morgan fingerprint density at radius 1 is 1.25 bits per heavy atom. The van der Waals surface area contributed by atoms with E-state index < -0.39 is 11.9 Å². The predicted molar refractivity (Wildman–Crippen MR) is 104 cm³/mol. The second-order valence-corrected chi connectivity index (χ2v) is 7.31. The summed E-state index contributed by atoms with van der Waals surface area (Å²) in [5.74, 6) is 0.601. The summed E-state index contributed by atoms with van der Waals surface area (Å²) in [5, 5.41) is 1.12. The maximum absolute atomic E-state index is 12.6. The second-order valence-electron chi connectivity index (χ2n) is 5.82. The maximum Gasteiger partial charge on any atom is 0.433 e. The highest BCUT2D eigenvalue weighted by Gasteiger charge is 2.32. The number of aryl methyl sites for hydroxylation is 1. The van der Waals surface area contributed by atoms with Crippen molar-refractivity contribution >= 4 is 29.2 Å². The Labute approximate surface area is 168 Å². The number of thiazole rings is 1. The Bertz CT molecular complexity index is 1000. The third-order valence-electron chi connectivity index (χ3n) is 3.80. The quantitative estimate of drug-likeness (QED) is 0.484. The third kappa shape index (κ3) is 4.69. The van der Waals surface area contributed by atoms with Gasteiger partial charge in [-0.1, -0.05) is 11.6 Å². The molecule has 0 saturated heterocycles. The van der Waals surface area contributed by atoms with E-state index in [0.717, 1.165) is 22.2 Å². The monoisotopic (exact) mass is 425 g/mol. The average molecular weight is 426 g/mol. The first-order valence-electron chi connectivity index (χ1n) is 8.12. The van der Waals surface area contributed by atoms with Crippen LogP contribution in [0.15, 0.2) is 41.5 Å². The lowest BCUT2D eigenvalue weighted by Gasteiger charge is -2.07. The number of benzene rings is 1. The van der Waals surface area contributed by atoms with Crippen molar-refractivity contribution in [1.29, 1.82) is 0 Å². The molecule has 0 unspecified atom stereocenters. The van der Waals surface area contributed by atoms with Crippen molar-refractivity contribution in [1.82, 2.24) is 9.97 Å². The molecule has 2 heterocycles. The number of aromatic nitrogens is 2. The fourth-order valence-electron chi connectivity index (χ4n) is 2.36. The van der Waals surface area contributed by atoms with Crippen LogP contribution in [0.5, 0.6) is 5.75 Å². The fourth-order valence-corrected chi connectivity index (χ4v) is 3.55. The van der Waals surface area contributed by atoms with E-state index in [1.807, 2.05) is 13.0 Å². The SMILES string of the molecule is CN=Cc1ccc(OCc2sc(-c3ccc(C(F)(F)F)nc3)nc2C)cc1Cl. The highest BCUT2D eigenvalue weighted by atomic mass is 35.5. The number of pyridine rings is 1. The van der Waals surface area contributed by atoms with E-state index in [4.69, 9.17) is 16.3 Å². The molecule has 9 heteroatoms. The van der Waals surface area contributed by atoms with E-state index in [1.165, 1.54) is 23.6 Å². The van der Waals surface area contributed by atoms with E-state index in [-0.39, 0.29) is 6.61 Å². The maximum atomic E-state index is 12.6.